The van der Waals surface area contributed by atoms with E-state index >= 15 is 0 Å². The number of amides is 2. The maximum atomic E-state index is 13.8. The quantitative estimate of drug-likeness (QED) is 0.820. The molecule has 28 heavy (non-hydrogen) atoms. The van der Waals surface area contributed by atoms with Crippen LogP contribution in [0.15, 0.2) is 42.5 Å². The van der Waals surface area contributed by atoms with Crippen LogP contribution in [-0.2, 0) is 9.84 Å². The van der Waals surface area contributed by atoms with Crippen LogP contribution in [0, 0.1) is 12.7 Å². The summed E-state index contributed by atoms with van der Waals surface area (Å²) in [5.41, 5.74) is 0.443. The topological polar surface area (TPSA) is 92.3 Å². The van der Waals surface area contributed by atoms with Crippen LogP contribution in [0.5, 0.6) is 0 Å². The van der Waals surface area contributed by atoms with E-state index < -0.39 is 33.0 Å². The number of aryl methyl sites for hydroxylation is 1. The van der Waals surface area contributed by atoms with Crippen molar-refractivity contribution in [1.29, 1.82) is 0 Å². The third-order valence-corrected chi connectivity index (χ3v) is 6.69. The normalized spacial score (nSPS) is 20.5. The van der Waals surface area contributed by atoms with E-state index in [0.29, 0.717) is 17.7 Å². The molecule has 0 saturated carbocycles. The molecule has 1 atom stereocenters. The summed E-state index contributed by atoms with van der Waals surface area (Å²) in [7, 11) is -3.15. The molecular formula is C20H21FN2O4S. The molecule has 8 heteroatoms. The fraction of sp³-hybridized carbons (Fsp3) is 0.300. The summed E-state index contributed by atoms with van der Waals surface area (Å²) in [6.07, 6.45) is 0.351. The van der Waals surface area contributed by atoms with Crippen molar-refractivity contribution in [1.82, 2.24) is 5.32 Å². The van der Waals surface area contributed by atoms with Crippen molar-refractivity contribution >= 4 is 27.3 Å². The number of halogens is 1. The van der Waals surface area contributed by atoms with Gasteiger partial charge in [-0.2, -0.15) is 0 Å². The summed E-state index contributed by atoms with van der Waals surface area (Å²) in [5.74, 6) is -1.74. The van der Waals surface area contributed by atoms with E-state index in [9.17, 15) is 22.4 Å². The minimum Gasteiger partial charge on any atom is -0.346 e. The zero-order chi connectivity index (χ0) is 20.5. The minimum absolute atomic E-state index is 0.0433. The second kappa shape index (κ2) is 7.35. The Morgan fingerprint density at radius 1 is 1.11 bits per heavy atom. The Labute approximate surface area is 163 Å². The standard InChI is InChI=1S/C20H21FN2O4S/c1-13-7-8-14(18(24)23-20(2)9-10-28(26,27)12-20)11-17(13)22-19(25)15-5-3-4-6-16(15)21/h3-8,11H,9-10,12H2,1-2H3,(H,22,25)(H,23,24). The number of nitrogens with one attached hydrogen (secondary N) is 2. The minimum atomic E-state index is -3.15. The van der Waals surface area contributed by atoms with Gasteiger partial charge in [-0.25, -0.2) is 12.8 Å². The Hall–Kier alpha value is -2.74. The van der Waals surface area contributed by atoms with Crippen molar-refractivity contribution in [2.75, 3.05) is 16.8 Å². The monoisotopic (exact) mass is 404 g/mol. The predicted molar refractivity (Wildman–Crippen MR) is 105 cm³/mol. The van der Waals surface area contributed by atoms with E-state index in [-0.39, 0.29) is 22.6 Å². The van der Waals surface area contributed by atoms with Crippen LogP contribution >= 0.6 is 0 Å². The highest BCUT2D eigenvalue weighted by molar-refractivity contribution is 7.91. The summed E-state index contributed by atoms with van der Waals surface area (Å²) < 4.78 is 37.2. The van der Waals surface area contributed by atoms with E-state index in [1.807, 2.05) is 0 Å². The molecule has 1 fully saturated rings. The maximum absolute atomic E-state index is 13.8. The first kappa shape index (κ1) is 20.0. The summed E-state index contributed by atoms with van der Waals surface area (Å²) in [4.78, 5) is 25.0. The number of carbonyl (C=O) groups is 2. The Morgan fingerprint density at radius 3 is 2.46 bits per heavy atom. The molecule has 0 bridgehead atoms. The van der Waals surface area contributed by atoms with Crippen molar-refractivity contribution in [2.45, 2.75) is 25.8 Å². The highest BCUT2D eigenvalue weighted by Gasteiger charge is 2.39. The van der Waals surface area contributed by atoms with Gasteiger partial charge in [0.2, 0.25) is 0 Å². The zero-order valence-corrected chi connectivity index (χ0v) is 16.4. The van der Waals surface area contributed by atoms with E-state index in [4.69, 9.17) is 0 Å². The molecule has 0 spiro atoms. The van der Waals surface area contributed by atoms with Gasteiger partial charge in [0.1, 0.15) is 5.82 Å². The molecule has 6 nitrogen and oxygen atoms in total. The summed E-state index contributed by atoms with van der Waals surface area (Å²) >= 11 is 0. The Morgan fingerprint density at radius 2 is 1.82 bits per heavy atom. The number of anilines is 1. The number of hydrogen-bond acceptors (Lipinski definition) is 4. The highest BCUT2D eigenvalue weighted by atomic mass is 32.2. The molecule has 2 aromatic rings. The van der Waals surface area contributed by atoms with Crippen LogP contribution in [-0.4, -0.2) is 37.3 Å². The molecule has 0 aromatic heterocycles. The van der Waals surface area contributed by atoms with Gasteiger partial charge in [-0.05, 0) is 50.1 Å². The third kappa shape index (κ3) is 4.39. The number of rotatable bonds is 4. The first-order chi connectivity index (χ1) is 13.1. The molecule has 2 N–H and O–H groups in total. The molecule has 1 unspecified atom stereocenters. The van der Waals surface area contributed by atoms with Crippen molar-refractivity contribution in [2.24, 2.45) is 0 Å². The number of benzene rings is 2. The lowest BCUT2D eigenvalue weighted by molar-refractivity contribution is 0.0914. The van der Waals surface area contributed by atoms with Gasteiger partial charge in [-0.3, -0.25) is 9.59 Å². The highest BCUT2D eigenvalue weighted by Crippen LogP contribution is 2.24. The van der Waals surface area contributed by atoms with Crippen LogP contribution in [0.4, 0.5) is 10.1 Å². The first-order valence-electron chi connectivity index (χ1n) is 8.78. The second-order valence-electron chi connectivity index (χ2n) is 7.32. The lowest BCUT2D eigenvalue weighted by Gasteiger charge is -2.24. The predicted octanol–water partition coefficient (Wildman–Crippen LogP) is 2.69. The Balaban J connectivity index is 1.79. The van der Waals surface area contributed by atoms with Gasteiger partial charge >= 0.3 is 0 Å². The van der Waals surface area contributed by atoms with Gasteiger partial charge in [-0.15, -0.1) is 0 Å². The van der Waals surface area contributed by atoms with Gasteiger partial charge in [0.25, 0.3) is 11.8 Å². The van der Waals surface area contributed by atoms with Crippen molar-refractivity contribution in [3.63, 3.8) is 0 Å². The largest absolute Gasteiger partial charge is 0.346 e. The number of hydrogen-bond donors (Lipinski definition) is 2. The molecule has 148 valence electrons. The molecule has 0 radical (unpaired) electrons. The lowest BCUT2D eigenvalue weighted by atomic mass is 10.0. The fourth-order valence-electron chi connectivity index (χ4n) is 3.19. The van der Waals surface area contributed by atoms with Gasteiger partial charge in [-0.1, -0.05) is 18.2 Å². The van der Waals surface area contributed by atoms with Crippen LogP contribution in [0.3, 0.4) is 0 Å². The van der Waals surface area contributed by atoms with Crippen LogP contribution in [0.1, 0.15) is 39.6 Å². The molecule has 1 aliphatic heterocycles. The van der Waals surface area contributed by atoms with Crippen molar-refractivity contribution < 1.29 is 22.4 Å². The zero-order valence-electron chi connectivity index (χ0n) is 15.6. The Kier molecular flexibility index (Phi) is 5.25. The molecule has 1 heterocycles. The SMILES string of the molecule is Cc1ccc(C(=O)NC2(C)CCS(=O)(=O)C2)cc1NC(=O)c1ccccc1F. The molecule has 3 rings (SSSR count). The fourth-order valence-corrected chi connectivity index (χ4v) is 5.28. The van der Waals surface area contributed by atoms with Crippen LogP contribution in [0.25, 0.3) is 0 Å². The first-order valence-corrected chi connectivity index (χ1v) is 10.6. The van der Waals surface area contributed by atoms with Crippen molar-refractivity contribution in [3.8, 4) is 0 Å². The summed E-state index contributed by atoms with van der Waals surface area (Å²) in [6, 6.07) is 10.4. The third-order valence-electron chi connectivity index (χ3n) is 4.79. The average Bonchev–Trinajstić information content (AvgIpc) is 2.89. The molecule has 0 aliphatic carbocycles. The summed E-state index contributed by atoms with van der Waals surface area (Å²) in [6.45, 7) is 3.45. The number of carbonyl (C=O) groups excluding carboxylic acids is 2. The van der Waals surface area contributed by atoms with Crippen molar-refractivity contribution in [3.05, 3.63) is 65.0 Å². The van der Waals surface area contributed by atoms with Gasteiger partial charge in [0.15, 0.2) is 9.84 Å². The van der Waals surface area contributed by atoms with E-state index in [1.54, 1.807) is 32.0 Å². The second-order valence-corrected chi connectivity index (χ2v) is 9.50. The van der Waals surface area contributed by atoms with E-state index in [1.165, 1.54) is 24.3 Å². The summed E-state index contributed by atoms with van der Waals surface area (Å²) in [5, 5.41) is 5.40. The van der Waals surface area contributed by atoms with Gasteiger partial charge in [0.05, 0.1) is 22.6 Å². The molecule has 2 amide bonds. The maximum Gasteiger partial charge on any atom is 0.258 e. The molecule has 1 aliphatic rings. The lowest BCUT2D eigenvalue weighted by Crippen LogP contribution is -2.46. The molecular weight excluding hydrogens is 383 g/mol. The van der Waals surface area contributed by atoms with Gasteiger partial charge < -0.3 is 10.6 Å². The average molecular weight is 404 g/mol. The molecule has 1 saturated heterocycles. The van der Waals surface area contributed by atoms with E-state index in [0.717, 1.165) is 0 Å². The Bertz CT molecular complexity index is 1050. The van der Waals surface area contributed by atoms with E-state index in [2.05, 4.69) is 10.6 Å². The molecule has 2 aromatic carbocycles. The smallest absolute Gasteiger partial charge is 0.258 e. The van der Waals surface area contributed by atoms with Gasteiger partial charge in [0, 0.05) is 11.3 Å². The van der Waals surface area contributed by atoms with Crippen LogP contribution in [0.2, 0.25) is 0 Å². The van der Waals surface area contributed by atoms with Crippen LogP contribution < -0.4 is 10.6 Å². The number of sulfone groups is 1.